The number of methoxy groups -OCH3 is 1. The average Bonchev–Trinajstić information content (AvgIpc) is 2.77. The summed E-state index contributed by atoms with van der Waals surface area (Å²) in [7, 11) is 1.58. The number of carbonyl (C=O) groups excluding carboxylic acids is 1. The Morgan fingerprint density at radius 1 is 1.26 bits per heavy atom. The molecule has 1 aliphatic rings. The quantitative estimate of drug-likeness (QED) is 0.715. The summed E-state index contributed by atoms with van der Waals surface area (Å²) in [6.07, 6.45) is 1.34. The molecule has 1 unspecified atom stereocenters. The highest BCUT2D eigenvalue weighted by molar-refractivity contribution is 5.67. The minimum Gasteiger partial charge on any atom is -0.507 e. The van der Waals surface area contributed by atoms with Crippen molar-refractivity contribution in [3.63, 3.8) is 0 Å². The Labute approximate surface area is 181 Å². The second-order valence-corrected chi connectivity index (χ2v) is 7.41. The Morgan fingerprint density at radius 3 is 2.61 bits per heavy atom. The fraction of sp³-hybridized carbons (Fsp3) is 0.500. The van der Waals surface area contributed by atoms with Crippen molar-refractivity contribution >= 4 is 6.09 Å². The lowest BCUT2D eigenvalue weighted by Crippen LogP contribution is -2.51. The summed E-state index contributed by atoms with van der Waals surface area (Å²) in [5.41, 5.74) is 1.35. The van der Waals surface area contributed by atoms with E-state index >= 15 is 0 Å². The Kier molecular flexibility index (Phi) is 7.64. The fourth-order valence-corrected chi connectivity index (χ4v) is 3.92. The highest BCUT2D eigenvalue weighted by atomic mass is 16.6. The third-order valence-electron chi connectivity index (χ3n) is 5.49. The Balaban J connectivity index is 1.99. The molecule has 2 aromatic heterocycles. The highest BCUT2D eigenvalue weighted by Crippen LogP contribution is 2.32. The van der Waals surface area contributed by atoms with Crippen LogP contribution in [0.3, 0.4) is 0 Å². The standard InChI is InChI=1S/C22H30N4O5/c1-4-31-22(29)25-11-9-24(10-12-25)20(17-7-5-6-8-23-17)19-18(27)15-16(2)26(21(19)28)13-14-30-3/h5-8,15,20,27H,4,9-14H2,1-3H3. The molecule has 0 aromatic carbocycles. The van der Waals surface area contributed by atoms with Crippen molar-refractivity contribution in [1.29, 1.82) is 0 Å². The van der Waals surface area contributed by atoms with Crippen LogP contribution in [0.15, 0.2) is 35.3 Å². The summed E-state index contributed by atoms with van der Waals surface area (Å²) >= 11 is 0. The van der Waals surface area contributed by atoms with Crippen LogP contribution in [-0.4, -0.2) is 77.1 Å². The van der Waals surface area contributed by atoms with Crippen LogP contribution in [-0.2, 0) is 16.0 Å². The lowest BCUT2D eigenvalue weighted by atomic mass is 10.00. The first-order valence-corrected chi connectivity index (χ1v) is 10.5. The lowest BCUT2D eigenvalue weighted by Gasteiger charge is -2.38. The van der Waals surface area contributed by atoms with Crippen molar-refractivity contribution in [3.05, 3.63) is 57.8 Å². The van der Waals surface area contributed by atoms with Crippen LogP contribution in [0.4, 0.5) is 4.79 Å². The topological polar surface area (TPSA) is 97.1 Å². The van der Waals surface area contributed by atoms with Crippen LogP contribution < -0.4 is 5.56 Å². The number of amides is 1. The van der Waals surface area contributed by atoms with Gasteiger partial charge in [0.2, 0.25) is 0 Å². The van der Waals surface area contributed by atoms with Gasteiger partial charge in [-0.3, -0.25) is 14.7 Å². The highest BCUT2D eigenvalue weighted by Gasteiger charge is 2.33. The van der Waals surface area contributed by atoms with Crippen LogP contribution in [0.25, 0.3) is 0 Å². The number of hydrogen-bond donors (Lipinski definition) is 1. The van der Waals surface area contributed by atoms with Crippen LogP contribution in [0.1, 0.15) is 29.9 Å². The second kappa shape index (κ2) is 10.4. The molecule has 0 saturated carbocycles. The maximum atomic E-state index is 13.4. The van der Waals surface area contributed by atoms with Crippen molar-refractivity contribution in [1.82, 2.24) is 19.4 Å². The molecule has 9 heteroatoms. The predicted molar refractivity (Wildman–Crippen MR) is 115 cm³/mol. The Bertz CT molecular complexity index is 939. The summed E-state index contributed by atoms with van der Waals surface area (Å²) in [4.78, 5) is 33.7. The summed E-state index contributed by atoms with van der Waals surface area (Å²) in [6.45, 7) is 6.63. The third-order valence-corrected chi connectivity index (χ3v) is 5.49. The number of piperazine rings is 1. The van der Waals surface area contributed by atoms with E-state index in [2.05, 4.69) is 9.88 Å². The molecule has 31 heavy (non-hydrogen) atoms. The van der Waals surface area contributed by atoms with E-state index in [1.165, 1.54) is 0 Å². The van der Waals surface area contributed by atoms with Gasteiger partial charge in [-0.1, -0.05) is 6.07 Å². The van der Waals surface area contributed by atoms with E-state index < -0.39 is 6.04 Å². The minimum absolute atomic E-state index is 0.0559. The van der Waals surface area contributed by atoms with Crippen molar-refractivity contribution in [2.24, 2.45) is 0 Å². The van der Waals surface area contributed by atoms with Gasteiger partial charge in [-0.05, 0) is 32.0 Å². The summed E-state index contributed by atoms with van der Waals surface area (Å²) in [5, 5.41) is 10.8. The first kappa shape index (κ1) is 22.8. The maximum absolute atomic E-state index is 13.4. The molecular formula is C22H30N4O5. The second-order valence-electron chi connectivity index (χ2n) is 7.41. The molecule has 1 fully saturated rings. The van der Waals surface area contributed by atoms with Crippen LogP contribution in [0.2, 0.25) is 0 Å². The normalized spacial score (nSPS) is 15.6. The zero-order valence-corrected chi connectivity index (χ0v) is 18.3. The fourth-order valence-electron chi connectivity index (χ4n) is 3.92. The van der Waals surface area contributed by atoms with Crippen molar-refractivity contribution in [2.45, 2.75) is 26.4 Å². The molecule has 0 spiro atoms. The number of aromatic nitrogens is 2. The number of nitrogens with zero attached hydrogens (tertiary/aromatic N) is 4. The molecule has 3 heterocycles. The molecule has 0 aliphatic carbocycles. The van der Waals surface area contributed by atoms with E-state index in [9.17, 15) is 14.7 Å². The molecule has 168 valence electrons. The molecule has 9 nitrogen and oxygen atoms in total. The molecule has 0 radical (unpaired) electrons. The number of rotatable bonds is 7. The third kappa shape index (κ3) is 5.05. The molecule has 1 atom stereocenters. The smallest absolute Gasteiger partial charge is 0.409 e. The first-order chi connectivity index (χ1) is 15.0. The SMILES string of the molecule is CCOC(=O)N1CCN(C(c2ccccn2)c2c(O)cc(C)n(CCOC)c2=O)CC1. The maximum Gasteiger partial charge on any atom is 0.409 e. The Hall–Kier alpha value is -2.91. The molecular weight excluding hydrogens is 400 g/mol. The van der Waals surface area contributed by atoms with E-state index in [1.807, 2.05) is 18.2 Å². The van der Waals surface area contributed by atoms with Gasteiger partial charge in [-0.2, -0.15) is 0 Å². The van der Waals surface area contributed by atoms with E-state index in [-0.39, 0.29) is 23.0 Å². The zero-order chi connectivity index (χ0) is 22.4. The number of aromatic hydroxyl groups is 1. The number of pyridine rings is 2. The van der Waals surface area contributed by atoms with Gasteiger partial charge in [-0.25, -0.2) is 4.79 Å². The summed E-state index contributed by atoms with van der Waals surface area (Å²) < 4.78 is 11.9. The van der Waals surface area contributed by atoms with Gasteiger partial charge in [0.05, 0.1) is 30.5 Å². The van der Waals surface area contributed by atoms with E-state index in [0.29, 0.717) is 57.3 Å². The van der Waals surface area contributed by atoms with Crippen molar-refractivity contribution in [3.8, 4) is 5.75 Å². The number of hydrogen-bond acceptors (Lipinski definition) is 7. The lowest BCUT2D eigenvalue weighted by molar-refractivity contribution is 0.0703. The van der Waals surface area contributed by atoms with E-state index in [0.717, 1.165) is 0 Å². The van der Waals surface area contributed by atoms with Gasteiger partial charge in [-0.15, -0.1) is 0 Å². The van der Waals surface area contributed by atoms with Crippen LogP contribution in [0.5, 0.6) is 5.75 Å². The van der Waals surface area contributed by atoms with Gasteiger partial charge in [0.1, 0.15) is 5.75 Å². The van der Waals surface area contributed by atoms with E-state index in [1.54, 1.807) is 42.7 Å². The molecule has 3 rings (SSSR count). The predicted octanol–water partition coefficient (Wildman–Crippen LogP) is 1.77. The molecule has 2 aromatic rings. The minimum atomic E-state index is -0.535. The average molecular weight is 431 g/mol. The number of ether oxygens (including phenoxy) is 2. The van der Waals surface area contributed by atoms with Gasteiger partial charge < -0.3 is 24.0 Å². The summed E-state index contributed by atoms with van der Waals surface area (Å²) in [5.74, 6) is -0.0559. The Morgan fingerprint density at radius 2 is 2.00 bits per heavy atom. The number of aryl methyl sites for hydroxylation is 1. The molecule has 1 saturated heterocycles. The summed E-state index contributed by atoms with van der Waals surface area (Å²) in [6, 6.07) is 6.59. The van der Waals surface area contributed by atoms with Crippen LogP contribution in [0, 0.1) is 6.92 Å². The van der Waals surface area contributed by atoms with Gasteiger partial charge in [0, 0.05) is 51.7 Å². The van der Waals surface area contributed by atoms with Crippen LogP contribution >= 0.6 is 0 Å². The molecule has 1 amide bonds. The largest absolute Gasteiger partial charge is 0.507 e. The zero-order valence-electron chi connectivity index (χ0n) is 18.3. The van der Waals surface area contributed by atoms with E-state index in [4.69, 9.17) is 9.47 Å². The number of carbonyl (C=O) groups is 1. The van der Waals surface area contributed by atoms with Gasteiger partial charge in [0.15, 0.2) is 0 Å². The first-order valence-electron chi connectivity index (χ1n) is 10.5. The van der Waals surface area contributed by atoms with Gasteiger partial charge in [0.25, 0.3) is 5.56 Å². The van der Waals surface area contributed by atoms with Crippen molar-refractivity contribution in [2.75, 3.05) is 46.5 Å². The molecule has 1 N–H and O–H groups in total. The molecule has 1 aliphatic heterocycles. The monoisotopic (exact) mass is 430 g/mol. The van der Waals surface area contributed by atoms with Gasteiger partial charge >= 0.3 is 6.09 Å². The van der Waals surface area contributed by atoms with Crippen molar-refractivity contribution < 1.29 is 19.4 Å². The molecule has 0 bridgehead atoms.